The van der Waals surface area contributed by atoms with Crippen molar-refractivity contribution in [1.29, 1.82) is 0 Å². The molecule has 0 saturated carbocycles. The van der Waals surface area contributed by atoms with Crippen molar-refractivity contribution in [2.45, 2.75) is 25.9 Å². The second kappa shape index (κ2) is 11.4. The fourth-order valence-corrected chi connectivity index (χ4v) is 4.52. The monoisotopic (exact) mass is 522 g/mol. The number of pyridine rings is 3. The maximum Gasteiger partial charge on any atom is 0.196 e. The van der Waals surface area contributed by atoms with Gasteiger partial charge in [0, 0.05) is 50.6 Å². The van der Waals surface area contributed by atoms with Crippen LogP contribution in [0.4, 0.5) is 10.2 Å². The number of hydrogen-bond donors (Lipinski definition) is 2. The topological polar surface area (TPSA) is 107 Å². The largest absolute Gasteiger partial charge is 0.440 e. The van der Waals surface area contributed by atoms with Crippen LogP contribution in [0.1, 0.15) is 23.1 Å². The van der Waals surface area contributed by atoms with Gasteiger partial charge in [-0.05, 0) is 36.4 Å². The Kier molecular flexibility index (Phi) is 7.17. The van der Waals surface area contributed by atoms with Gasteiger partial charge in [-0.25, -0.2) is 19.3 Å². The molecule has 0 aliphatic carbocycles. The number of hydrogen-bond acceptors (Lipinski definition) is 8. The molecule has 6 rings (SSSR count). The van der Waals surface area contributed by atoms with Gasteiger partial charge in [-0.2, -0.15) is 0 Å². The van der Waals surface area contributed by atoms with Gasteiger partial charge in [0.15, 0.2) is 22.8 Å². The molecule has 0 aliphatic heterocycles. The van der Waals surface area contributed by atoms with Gasteiger partial charge >= 0.3 is 0 Å². The zero-order chi connectivity index (χ0) is 26.4. The minimum absolute atomic E-state index is 0.202. The van der Waals surface area contributed by atoms with Crippen LogP contribution < -0.4 is 10.6 Å². The minimum Gasteiger partial charge on any atom is -0.440 e. The molecule has 0 bridgehead atoms. The highest BCUT2D eigenvalue weighted by Gasteiger charge is 2.13. The zero-order valence-corrected chi connectivity index (χ0v) is 21.2. The Morgan fingerprint density at radius 1 is 0.821 bits per heavy atom. The van der Waals surface area contributed by atoms with Gasteiger partial charge in [-0.3, -0.25) is 9.97 Å². The fourth-order valence-electron chi connectivity index (χ4n) is 4.52. The standard InChI is InChI=1S/C29H27FN8O/c30-21-7-5-14-33-23(21)18-35-29-28-25(10-17-34-29)39-27(37-28)12-16-31-15-11-26-36-22-8-1-2-9-24(22)38(26)19-20-6-3-4-13-32-20/h1-10,13-14,17,31H,11-12,15-16,18-19H2,(H,34,35). The SMILES string of the molecule is Fc1cccnc1CNc1nccc2oc(CCNCCc3nc4ccccc4n3Cc3ccccn3)nc12. The van der Waals surface area contributed by atoms with Crippen LogP contribution in [-0.4, -0.2) is 42.6 Å². The molecular weight excluding hydrogens is 495 g/mol. The van der Waals surface area contributed by atoms with Crippen molar-refractivity contribution in [3.8, 4) is 0 Å². The predicted molar refractivity (Wildman–Crippen MR) is 147 cm³/mol. The first-order valence-electron chi connectivity index (χ1n) is 12.9. The molecule has 0 saturated heterocycles. The summed E-state index contributed by atoms with van der Waals surface area (Å²) in [5, 5.41) is 6.60. The lowest BCUT2D eigenvalue weighted by Crippen LogP contribution is -2.21. The highest BCUT2D eigenvalue weighted by Crippen LogP contribution is 2.22. The maximum atomic E-state index is 13.9. The lowest BCUT2D eigenvalue weighted by Gasteiger charge is -2.09. The van der Waals surface area contributed by atoms with Gasteiger partial charge in [0.2, 0.25) is 0 Å². The van der Waals surface area contributed by atoms with Crippen molar-refractivity contribution in [3.63, 3.8) is 0 Å². The zero-order valence-electron chi connectivity index (χ0n) is 21.2. The van der Waals surface area contributed by atoms with Crippen LogP contribution in [0.25, 0.3) is 22.1 Å². The van der Waals surface area contributed by atoms with Crippen LogP contribution in [0.2, 0.25) is 0 Å². The molecule has 39 heavy (non-hydrogen) atoms. The summed E-state index contributed by atoms with van der Waals surface area (Å²) in [6.45, 7) is 2.34. The molecular formula is C29H27FN8O. The number of oxazole rings is 1. The average molecular weight is 523 g/mol. The average Bonchev–Trinajstić information content (AvgIpc) is 3.54. The van der Waals surface area contributed by atoms with Gasteiger partial charge in [-0.1, -0.05) is 18.2 Å². The molecule has 1 aromatic carbocycles. The lowest BCUT2D eigenvalue weighted by atomic mass is 10.3. The Bertz CT molecular complexity index is 1700. The van der Waals surface area contributed by atoms with E-state index in [9.17, 15) is 4.39 Å². The predicted octanol–water partition coefficient (Wildman–Crippen LogP) is 4.54. The van der Waals surface area contributed by atoms with Gasteiger partial charge < -0.3 is 19.6 Å². The molecule has 6 aromatic rings. The van der Waals surface area contributed by atoms with Crippen LogP contribution in [0.3, 0.4) is 0 Å². The molecule has 196 valence electrons. The maximum absolute atomic E-state index is 13.9. The first-order valence-corrected chi connectivity index (χ1v) is 12.9. The summed E-state index contributed by atoms with van der Waals surface area (Å²) >= 11 is 0. The van der Waals surface area contributed by atoms with Crippen molar-refractivity contribution in [2.24, 2.45) is 0 Å². The van der Waals surface area contributed by atoms with E-state index in [1.165, 1.54) is 6.07 Å². The molecule has 2 N–H and O–H groups in total. The number of rotatable bonds is 11. The van der Waals surface area contributed by atoms with Crippen LogP contribution in [-0.2, 0) is 25.9 Å². The number of imidazole rings is 1. The smallest absolute Gasteiger partial charge is 0.196 e. The summed E-state index contributed by atoms with van der Waals surface area (Å²) in [7, 11) is 0. The molecule has 5 heterocycles. The summed E-state index contributed by atoms with van der Waals surface area (Å²) in [5.74, 6) is 1.80. The number of para-hydroxylation sites is 2. The third kappa shape index (κ3) is 5.60. The minimum atomic E-state index is -0.364. The van der Waals surface area contributed by atoms with Crippen molar-refractivity contribution < 1.29 is 8.81 Å². The number of benzene rings is 1. The first kappa shape index (κ1) is 24.6. The van der Waals surface area contributed by atoms with Crippen LogP contribution in [0, 0.1) is 5.82 Å². The molecule has 0 spiro atoms. The molecule has 5 aromatic heterocycles. The Labute approximate surface area is 224 Å². The highest BCUT2D eigenvalue weighted by atomic mass is 19.1. The summed E-state index contributed by atoms with van der Waals surface area (Å²) in [5.41, 5.74) is 4.66. The summed E-state index contributed by atoms with van der Waals surface area (Å²) in [6.07, 6.45) is 6.41. The number of halogens is 1. The van der Waals surface area contributed by atoms with Crippen LogP contribution in [0.15, 0.2) is 83.7 Å². The molecule has 0 unspecified atom stereocenters. The van der Waals surface area contributed by atoms with Crippen LogP contribution in [0.5, 0.6) is 0 Å². The van der Waals surface area contributed by atoms with E-state index in [0.717, 1.165) is 35.5 Å². The normalized spacial score (nSPS) is 11.4. The Hall–Kier alpha value is -4.70. The van der Waals surface area contributed by atoms with Crippen molar-refractivity contribution >= 4 is 28.0 Å². The Balaban J connectivity index is 1.07. The number of nitrogens with one attached hydrogen (secondary N) is 2. The van der Waals surface area contributed by atoms with E-state index in [2.05, 4.69) is 41.2 Å². The molecule has 9 nitrogen and oxygen atoms in total. The fraction of sp³-hybridized carbons (Fsp3) is 0.207. The van der Waals surface area contributed by atoms with E-state index >= 15 is 0 Å². The van der Waals surface area contributed by atoms with Gasteiger partial charge in [0.1, 0.15) is 11.6 Å². The molecule has 10 heteroatoms. The number of nitrogens with zero attached hydrogens (tertiary/aromatic N) is 6. The van der Waals surface area contributed by atoms with E-state index in [1.54, 1.807) is 24.5 Å². The van der Waals surface area contributed by atoms with E-state index in [0.29, 0.717) is 48.0 Å². The van der Waals surface area contributed by atoms with Crippen molar-refractivity contribution in [2.75, 3.05) is 18.4 Å². The van der Waals surface area contributed by atoms with E-state index in [1.807, 2.05) is 42.6 Å². The first-order chi connectivity index (χ1) is 19.2. The second-order valence-electron chi connectivity index (χ2n) is 9.07. The number of anilines is 1. The van der Waals surface area contributed by atoms with E-state index < -0.39 is 0 Å². The molecule has 0 radical (unpaired) electrons. The summed E-state index contributed by atoms with van der Waals surface area (Å²) in [4.78, 5) is 22.4. The van der Waals surface area contributed by atoms with Crippen LogP contribution >= 0.6 is 0 Å². The molecule has 0 amide bonds. The summed E-state index contributed by atoms with van der Waals surface area (Å²) < 4.78 is 22.1. The van der Waals surface area contributed by atoms with E-state index in [4.69, 9.17) is 9.40 Å². The molecule has 0 aliphatic rings. The number of fused-ring (bicyclic) bond motifs is 2. The van der Waals surface area contributed by atoms with Crippen molar-refractivity contribution in [3.05, 3.63) is 108 Å². The van der Waals surface area contributed by atoms with Crippen molar-refractivity contribution in [1.82, 2.24) is 34.8 Å². The molecule has 0 atom stereocenters. The highest BCUT2D eigenvalue weighted by molar-refractivity contribution is 5.83. The van der Waals surface area contributed by atoms with Gasteiger partial charge in [0.25, 0.3) is 0 Å². The van der Waals surface area contributed by atoms with Gasteiger partial charge in [-0.15, -0.1) is 0 Å². The quantitative estimate of drug-likeness (QED) is 0.239. The third-order valence-electron chi connectivity index (χ3n) is 6.43. The third-order valence-corrected chi connectivity index (χ3v) is 6.43. The Morgan fingerprint density at radius 3 is 2.59 bits per heavy atom. The molecule has 0 fully saturated rings. The lowest BCUT2D eigenvalue weighted by molar-refractivity contribution is 0.514. The van der Waals surface area contributed by atoms with Gasteiger partial charge in [0.05, 0.1) is 35.5 Å². The second-order valence-corrected chi connectivity index (χ2v) is 9.07. The summed E-state index contributed by atoms with van der Waals surface area (Å²) in [6, 6.07) is 18.9. The van der Waals surface area contributed by atoms with E-state index in [-0.39, 0.29) is 12.4 Å². The number of aromatic nitrogens is 6. The Morgan fingerprint density at radius 2 is 1.69 bits per heavy atom.